The highest BCUT2D eigenvalue weighted by molar-refractivity contribution is 6.06. The first-order valence-corrected chi connectivity index (χ1v) is 6.10. The quantitative estimate of drug-likeness (QED) is 0.673. The minimum atomic E-state index is -1.19. The van der Waals surface area contributed by atoms with E-state index in [1.807, 2.05) is 0 Å². The maximum absolute atomic E-state index is 12.0. The van der Waals surface area contributed by atoms with Crippen molar-refractivity contribution < 1.29 is 19.2 Å². The molecule has 0 aliphatic rings. The summed E-state index contributed by atoms with van der Waals surface area (Å²) in [4.78, 5) is 30.3. The number of hydrogen-bond acceptors (Lipinski definition) is 6. The number of hydrogen-bond donors (Lipinski definition) is 3. The van der Waals surface area contributed by atoms with Crippen LogP contribution in [0.2, 0.25) is 0 Å². The van der Waals surface area contributed by atoms with Crippen molar-refractivity contribution in [2.75, 3.05) is 10.6 Å². The highest BCUT2D eigenvalue weighted by atomic mass is 16.5. The predicted octanol–water partition coefficient (Wildman–Crippen LogP) is 1.96. The van der Waals surface area contributed by atoms with Gasteiger partial charge in [-0.3, -0.25) is 15.1 Å². The molecule has 3 N–H and O–H groups in total. The van der Waals surface area contributed by atoms with E-state index < -0.39 is 12.0 Å². The Bertz CT molecular complexity index is 846. The van der Waals surface area contributed by atoms with Crippen LogP contribution in [0.25, 0.3) is 11.0 Å². The summed E-state index contributed by atoms with van der Waals surface area (Å²) in [5, 5.41) is 17.7. The van der Waals surface area contributed by atoms with Crippen molar-refractivity contribution in [2.45, 2.75) is 0 Å². The van der Waals surface area contributed by atoms with Crippen molar-refractivity contribution in [3.05, 3.63) is 42.5 Å². The summed E-state index contributed by atoms with van der Waals surface area (Å²) in [7, 11) is 0. The van der Waals surface area contributed by atoms with Gasteiger partial charge in [-0.1, -0.05) is 5.16 Å². The lowest BCUT2D eigenvalue weighted by atomic mass is 10.2. The van der Waals surface area contributed by atoms with E-state index in [9.17, 15) is 9.59 Å². The monoisotopic (exact) mass is 299 g/mol. The molecule has 0 saturated heterocycles. The third-order valence-corrected chi connectivity index (χ3v) is 2.75. The molecular weight excluding hydrogens is 290 g/mol. The van der Waals surface area contributed by atoms with E-state index in [0.29, 0.717) is 16.7 Å². The zero-order chi connectivity index (χ0) is 15.5. The molecule has 0 bridgehead atoms. The highest BCUT2D eigenvalue weighted by Gasteiger charge is 2.14. The summed E-state index contributed by atoms with van der Waals surface area (Å²) < 4.78 is 5.07. The van der Waals surface area contributed by atoms with Crippen LogP contribution in [0.4, 0.5) is 16.3 Å². The fourth-order valence-corrected chi connectivity index (χ4v) is 1.82. The van der Waals surface area contributed by atoms with E-state index in [-0.39, 0.29) is 11.5 Å². The van der Waals surface area contributed by atoms with Crippen molar-refractivity contribution in [3.63, 3.8) is 0 Å². The second-order valence-corrected chi connectivity index (χ2v) is 4.22. The van der Waals surface area contributed by atoms with Crippen LogP contribution in [0.3, 0.4) is 0 Å². The first kappa shape index (κ1) is 13.5. The molecule has 0 spiro atoms. The Morgan fingerprint density at radius 3 is 2.77 bits per heavy atom. The molecule has 0 fully saturated rings. The minimum absolute atomic E-state index is 0.124. The number of nitrogens with one attached hydrogen (secondary N) is 2. The van der Waals surface area contributed by atoms with Gasteiger partial charge in [-0.15, -0.1) is 0 Å². The first-order chi connectivity index (χ1) is 10.6. The molecular formula is C13H9N5O4. The van der Waals surface area contributed by atoms with Gasteiger partial charge in [0, 0.05) is 18.1 Å². The largest absolute Gasteiger partial charge is 0.465 e. The van der Waals surface area contributed by atoms with Crippen molar-refractivity contribution >= 4 is 34.5 Å². The van der Waals surface area contributed by atoms with Gasteiger partial charge in [0.1, 0.15) is 5.69 Å². The summed E-state index contributed by atoms with van der Waals surface area (Å²) >= 11 is 0. The summed E-state index contributed by atoms with van der Waals surface area (Å²) in [5.74, 6) is -0.334. The van der Waals surface area contributed by atoms with Gasteiger partial charge in [-0.05, 0) is 18.2 Å². The molecule has 0 aliphatic carbocycles. The Morgan fingerprint density at radius 1 is 1.18 bits per heavy atom. The molecule has 0 unspecified atom stereocenters. The molecule has 0 saturated carbocycles. The topological polar surface area (TPSA) is 130 Å². The van der Waals surface area contributed by atoms with E-state index in [1.165, 1.54) is 30.7 Å². The van der Waals surface area contributed by atoms with E-state index in [1.54, 1.807) is 6.07 Å². The zero-order valence-electron chi connectivity index (χ0n) is 11.0. The Kier molecular flexibility index (Phi) is 3.36. The van der Waals surface area contributed by atoms with Gasteiger partial charge in [-0.2, -0.15) is 0 Å². The van der Waals surface area contributed by atoms with Crippen molar-refractivity contribution in [3.8, 4) is 0 Å². The highest BCUT2D eigenvalue weighted by Crippen LogP contribution is 2.26. The van der Waals surface area contributed by atoms with Gasteiger partial charge in [0.2, 0.25) is 0 Å². The number of benzene rings is 1. The number of amides is 2. The van der Waals surface area contributed by atoms with Gasteiger partial charge in [-0.25, -0.2) is 9.78 Å². The van der Waals surface area contributed by atoms with Crippen LogP contribution in [-0.2, 0) is 0 Å². The summed E-state index contributed by atoms with van der Waals surface area (Å²) in [6, 6.07) is 4.58. The maximum atomic E-state index is 12.0. The maximum Gasteiger partial charge on any atom is 0.409 e. The average molecular weight is 299 g/mol. The number of anilines is 2. The molecule has 0 radical (unpaired) electrons. The molecule has 2 amide bonds. The average Bonchev–Trinajstić information content (AvgIpc) is 2.90. The van der Waals surface area contributed by atoms with Crippen LogP contribution in [0.5, 0.6) is 0 Å². The Hall–Kier alpha value is -3.49. The third kappa shape index (κ3) is 2.68. The molecule has 110 valence electrons. The van der Waals surface area contributed by atoms with Crippen molar-refractivity contribution in [1.82, 2.24) is 15.1 Å². The zero-order valence-corrected chi connectivity index (χ0v) is 11.0. The van der Waals surface area contributed by atoms with Gasteiger partial charge in [0.25, 0.3) is 5.91 Å². The number of carboxylic acid groups (broad SMARTS) is 1. The van der Waals surface area contributed by atoms with Crippen LogP contribution in [0.15, 0.2) is 41.3 Å². The normalized spacial score (nSPS) is 10.4. The van der Waals surface area contributed by atoms with Crippen molar-refractivity contribution in [1.29, 1.82) is 0 Å². The van der Waals surface area contributed by atoms with E-state index in [0.717, 1.165) is 0 Å². The van der Waals surface area contributed by atoms with E-state index in [4.69, 9.17) is 9.63 Å². The molecule has 3 rings (SSSR count). The number of carbonyl (C=O) groups excluding carboxylic acids is 1. The van der Waals surface area contributed by atoms with Gasteiger partial charge in [0.15, 0.2) is 11.4 Å². The number of fused-ring (bicyclic) bond motifs is 1. The van der Waals surface area contributed by atoms with Crippen LogP contribution in [0.1, 0.15) is 10.5 Å². The number of nitrogens with zero attached hydrogens (tertiary/aromatic N) is 3. The lowest BCUT2D eigenvalue weighted by Gasteiger charge is -2.02. The smallest absolute Gasteiger partial charge is 0.409 e. The summed E-state index contributed by atoms with van der Waals surface area (Å²) in [6.07, 6.45) is 2.97. The van der Waals surface area contributed by atoms with Gasteiger partial charge >= 0.3 is 6.09 Å². The second kappa shape index (κ2) is 5.48. The molecule has 22 heavy (non-hydrogen) atoms. The fourth-order valence-electron chi connectivity index (χ4n) is 1.82. The predicted molar refractivity (Wildman–Crippen MR) is 75.6 cm³/mol. The second-order valence-electron chi connectivity index (χ2n) is 4.22. The number of aromatic nitrogens is 3. The molecule has 0 atom stereocenters. The molecule has 0 aliphatic heterocycles. The standard InChI is InChI=1S/C13H9N5O4/c19-12(9-6-14-3-4-15-9)17-11-8-5-7(16-13(20)21)1-2-10(8)22-18-11/h1-6,16H,(H,20,21)(H,17,18,19). The van der Waals surface area contributed by atoms with E-state index in [2.05, 4.69) is 25.8 Å². The van der Waals surface area contributed by atoms with Crippen LogP contribution >= 0.6 is 0 Å². The van der Waals surface area contributed by atoms with Crippen molar-refractivity contribution in [2.24, 2.45) is 0 Å². The Labute approximate surface area is 123 Å². The molecule has 9 nitrogen and oxygen atoms in total. The molecule has 2 heterocycles. The fraction of sp³-hybridized carbons (Fsp3) is 0. The van der Waals surface area contributed by atoms with Gasteiger partial charge in [0.05, 0.1) is 11.6 Å². The van der Waals surface area contributed by atoms with Gasteiger partial charge < -0.3 is 14.9 Å². The summed E-state index contributed by atoms with van der Waals surface area (Å²) in [5.41, 5.74) is 0.863. The SMILES string of the molecule is O=C(O)Nc1ccc2onc(NC(=O)c3cnccn3)c2c1. The minimum Gasteiger partial charge on any atom is -0.465 e. The molecule has 3 aromatic rings. The Morgan fingerprint density at radius 2 is 2.05 bits per heavy atom. The Balaban J connectivity index is 1.90. The summed E-state index contributed by atoms with van der Waals surface area (Å²) in [6.45, 7) is 0. The lowest BCUT2D eigenvalue weighted by Crippen LogP contribution is -2.14. The van der Waals surface area contributed by atoms with Crippen LogP contribution < -0.4 is 10.6 Å². The number of rotatable bonds is 3. The van der Waals surface area contributed by atoms with Crippen LogP contribution in [-0.4, -0.2) is 32.2 Å². The third-order valence-electron chi connectivity index (χ3n) is 2.75. The van der Waals surface area contributed by atoms with E-state index >= 15 is 0 Å². The lowest BCUT2D eigenvalue weighted by molar-refractivity contribution is 0.102. The molecule has 9 heteroatoms. The molecule has 1 aromatic carbocycles. The van der Waals surface area contributed by atoms with Crippen LogP contribution in [0, 0.1) is 0 Å². The first-order valence-electron chi connectivity index (χ1n) is 6.10. The number of carbonyl (C=O) groups is 2. The molecule has 2 aromatic heterocycles.